The van der Waals surface area contributed by atoms with E-state index in [1.807, 2.05) is 24.6 Å². The standard InChI is InChI=1S/C18H23N5OS3/c1-11(2)9-23-13(4)15(12(3)22-23)8-16(24)19-17-20-21-18(27-17)26-10-14-6-5-7-25-14/h5-7,11H,8-10H2,1-4H3,(H,19,20,24). The lowest BCUT2D eigenvalue weighted by Crippen LogP contribution is -2.15. The second-order valence-corrected chi connectivity index (χ2v) is 9.92. The van der Waals surface area contributed by atoms with Gasteiger partial charge in [-0.3, -0.25) is 9.48 Å². The van der Waals surface area contributed by atoms with Crippen LogP contribution in [0.25, 0.3) is 0 Å². The molecule has 0 bridgehead atoms. The molecule has 1 N–H and O–H groups in total. The molecule has 0 saturated heterocycles. The molecule has 0 aliphatic rings. The van der Waals surface area contributed by atoms with Gasteiger partial charge in [0, 0.05) is 28.4 Å². The van der Waals surface area contributed by atoms with E-state index < -0.39 is 0 Å². The van der Waals surface area contributed by atoms with Gasteiger partial charge in [0.15, 0.2) is 4.34 Å². The van der Waals surface area contributed by atoms with E-state index in [9.17, 15) is 4.79 Å². The van der Waals surface area contributed by atoms with Crippen LogP contribution < -0.4 is 5.32 Å². The van der Waals surface area contributed by atoms with E-state index in [4.69, 9.17) is 0 Å². The van der Waals surface area contributed by atoms with Crippen LogP contribution in [-0.2, 0) is 23.5 Å². The van der Waals surface area contributed by atoms with Crippen molar-refractivity contribution in [2.75, 3.05) is 5.32 Å². The predicted molar refractivity (Wildman–Crippen MR) is 113 cm³/mol. The lowest BCUT2D eigenvalue weighted by molar-refractivity contribution is -0.115. The van der Waals surface area contributed by atoms with Crippen LogP contribution in [0.4, 0.5) is 5.13 Å². The number of anilines is 1. The Hall–Kier alpha value is -1.71. The van der Waals surface area contributed by atoms with Crippen LogP contribution >= 0.6 is 34.4 Å². The van der Waals surface area contributed by atoms with Gasteiger partial charge in [0.1, 0.15) is 0 Å². The van der Waals surface area contributed by atoms with E-state index in [2.05, 4.69) is 45.9 Å². The van der Waals surface area contributed by atoms with Crippen LogP contribution in [0.15, 0.2) is 21.9 Å². The van der Waals surface area contributed by atoms with Gasteiger partial charge in [-0.2, -0.15) is 5.10 Å². The molecule has 1 amide bonds. The Labute approximate surface area is 171 Å². The highest BCUT2D eigenvalue weighted by molar-refractivity contribution is 8.00. The number of amides is 1. The molecule has 0 atom stereocenters. The summed E-state index contributed by atoms with van der Waals surface area (Å²) in [6.07, 6.45) is 0.299. The first-order valence-electron chi connectivity index (χ1n) is 8.73. The summed E-state index contributed by atoms with van der Waals surface area (Å²) in [4.78, 5) is 13.8. The summed E-state index contributed by atoms with van der Waals surface area (Å²) in [5.41, 5.74) is 2.96. The van der Waals surface area contributed by atoms with Crippen LogP contribution in [0.5, 0.6) is 0 Å². The molecule has 0 spiro atoms. The quantitative estimate of drug-likeness (QED) is 0.427. The summed E-state index contributed by atoms with van der Waals surface area (Å²) < 4.78 is 2.85. The summed E-state index contributed by atoms with van der Waals surface area (Å²) in [5.74, 6) is 1.29. The van der Waals surface area contributed by atoms with Crippen LogP contribution in [0.3, 0.4) is 0 Å². The molecule has 0 unspecified atom stereocenters. The van der Waals surface area contributed by atoms with E-state index in [-0.39, 0.29) is 5.91 Å². The molecule has 3 rings (SSSR count). The molecule has 144 valence electrons. The topological polar surface area (TPSA) is 72.7 Å². The summed E-state index contributed by atoms with van der Waals surface area (Å²) in [6.45, 7) is 9.15. The molecule has 0 aliphatic carbocycles. The molecule has 3 aromatic heterocycles. The maximum Gasteiger partial charge on any atom is 0.230 e. The van der Waals surface area contributed by atoms with Gasteiger partial charge in [0.25, 0.3) is 0 Å². The number of thiophene rings is 1. The van der Waals surface area contributed by atoms with Gasteiger partial charge >= 0.3 is 0 Å². The third kappa shape index (κ3) is 5.40. The number of aromatic nitrogens is 4. The summed E-state index contributed by atoms with van der Waals surface area (Å²) >= 11 is 4.77. The Balaban J connectivity index is 1.57. The number of nitrogens with zero attached hydrogens (tertiary/aromatic N) is 4. The Kier molecular flexibility index (Phi) is 6.67. The van der Waals surface area contributed by atoms with Gasteiger partial charge in [-0.1, -0.05) is 43.0 Å². The lowest BCUT2D eigenvalue weighted by Gasteiger charge is -2.08. The average molecular weight is 422 g/mol. The summed E-state index contributed by atoms with van der Waals surface area (Å²) in [6, 6.07) is 4.14. The molecule has 0 aromatic carbocycles. The van der Waals surface area contributed by atoms with Crippen molar-refractivity contribution in [3.05, 3.63) is 39.3 Å². The third-order valence-electron chi connectivity index (χ3n) is 3.98. The van der Waals surface area contributed by atoms with Crippen molar-refractivity contribution in [3.63, 3.8) is 0 Å². The highest BCUT2D eigenvalue weighted by Gasteiger charge is 2.17. The fourth-order valence-corrected chi connectivity index (χ4v) is 5.23. The maximum absolute atomic E-state index is 12.5. The zero-order valence-electron chi connectivity index (χ0n) is 15.9. The van der Waals surface area contributed by atoms with E-state index in [0.717, 1.165) is 33.6 Å². The molecular weight excluding hydrogens is 398 g/mol. The Morgan fingerprint density at radius 3 is 2.85 bits per heavy atom. The number of thioether (sulfide) groups is 1. The smallest absolute Gasteiger partial charge is 0.230 e. The normalized spacial score (nSPS) is 11.3. The first-order chi connectivity index (χ1) is 12.9. The Bertz CT molecular complexity index is 898. The van der Waals surface area contributed by atoms with Crippen LogP contribution in [-0.4, -0.2) is 25.9 Å². The van der Waals surface area contributed by atoms with Crippen molar-refractivity contribution in [3.8, 4) is 0 Å². The van der Waals surface area contributed by atoms with Crippen molar-refractivity contribution in [1.82, 2.24) is 20.0 Å². The molecule has 6 nitrogen and oxygen atoms in total. The van der Waals surface area contributed by atoms with Crippen LogP contribution in [0.1, 0.15) is 35.7 Å². The fourth-order valence-electron chi connectivity index (χ4n) is 2.68. The molecule has 0 aliphatic heterocycles. The molecular formula is C18H23N5OS3. The summed E-state index contributed by atoms with van der Waals surface area (Å²) in [5, 5.41) is 18.3. The minimum Gasteiger partial charge on any atom is -0.300 e. The maximum atomic E-state index is 12.5. The molecule has 3 heterocycles. The van der Waals surface area contributed by atoms with E-state index >= 15 is 0 Å². The van der Waals surface area contributed by atoms with Gasteiger partial charge in [-0.15, -0.1) is 21.5 Å². The van der Waals surface area contributed by atoms with Gasteiger partial charge in [0.2, 0.25) is 11.0 Å². The van der Waals surface area contributed by atoms with Crippen molar-refractivity contribution >= 4 is 45.5 Å². The minimum atomic E-state index is -0.0868. The minimum absolute atomic E-state index is 0.0868. The van der Waals surface area contributed by atoms with Crippen molar-refractivity contribution in [1.29, 1.82) is 0 Å². The molecule has 0 fully saturated rings. The number of carbonyl (C=O) groups is 1. The second-order valence-electron chi connectivity index (χ2n) is 6.69. The van der Waals surface area contributed by atoms with Gasteiger partial charge in [-0.25, -0.2) is 0 Å². The number of hydrogen-bond donors (Lipinski definition) is 1. The van der Waals surface area contributed by atoms with Crippen molar-refractivity contribution < 1.29 is 4.79 Å². The molecule has 9 heteroatoms. The predicted octanol–water partition coefficient (Wildman–Crippen LogP) is 4.54. The van der Waals surface area contributed by atoms with Crippen molar-refractivity contribution in [2.24, 2.45) is 5.92 Å². The Morgan fingerprint density at radius 2 is 2.15 bits per heavy atom. The first kappa shape index (κ1) is 20.0. The molecule has 27 heavy (non-hydrogen) atoms. The lowest BCUT2D eigenvalue weighted by atomic mass is 10.1. The number of hydrogen-bond acceptors (Lipinski definition) is 7. The van der Waals surface area contributed by atoms with Gasteiger partial charge < -0.3 is 5.32 Å². The number of nitrogens with one attached hydrogen (secondary N) is 1. The second kappa shape index (κ2) is 8.99. The number of aryl methyl sites for hydroxylation is 1. The average Bonchev–Trinajstić information content (AvgIpc) is 3.32. The monoisotopic (exact) mass is 421 g/mol. The first-order valence-corrected chi connectivity index (χ1v) is 11.4. The zero-order valence-corrected chi connectivity index (χ0v) is 18.3. The molecule has 0 saturated carbocycles. The van der Waals surface area contributed by atoms with Crippen LogP contribution in [0.2, 0.25) is 0 Å². The van der Waals surface area contributed by atoms with Gasteiger partial charge in [0.05, 0.1) is 12.1 Å². The highest BCUT2D eigenvalue weighted by Crippen LogP contribution is 2.29. The highest BCUT2D eigenvalue weighted by atomic mass is 32.2. The zero-order chi connectivity index (χ0) is 19.4. The molecule has 3 aromatic rings. The Morgan fingerprint density at radius 1 is 1.33 bits per heavy atom. The van der Waals surface area contributed by atoms with Crippen molar-refractivity contribution in [2.45, 2.75) is 50.8 Å². The SMILES string of the molecule is Cc1nn(CC(C)C)c(C)c1CC(=O)Nc1nnc(SCc2cccs2)s1. The summed E-state index contributed by atoms with van der Waals surface area (Å²) in [7, 11) is 0. The molecule has 0 radical (unpaired) electrons. The van der Waals surface area contributed by atoms with E-state index in [0.29, 0.717) is 17.5 Å². The number of rotatable bonds is 8. The van der Waals surface area contributed by atoms with E-state index in [1.165, 1.54) is 16.2 Å². The van der Waals surface area contributed by atoms with Crippen LogP contribution in [0, 0.1) is 19.8 Å². The fraction of sp³-hybridized carbons (Fsp3) is 0.444. The number of carbonyl (C=O) groups excluding carboxylic acids is 1. The van der Waals surface area contributed by atoms with E-state index in [1.54, 1.807) is 23.1 Å². The van der Waals surface area contributed by atoms with Gasteiger partial charge in [-0.05, 0) is 31.2 Å². The largest absolute Gasteiger partial charge is 0.300 e. The third-order valence-corrected chi connectivity index (χ3v) is 7.06.